The Hall–Kier alpha value is -2.85. The molecule has 0 N–H and O–H groups in total. The first-order chi connectivity index (χ1) is 13.3. The molecule has 1 aromatic heterocycles. The van der Waals surface area contributed by atoms with Gasteiger partial charge in [0, 0.05) is 25.3 Å². The highest BCUT2D eigenvalue weighted by molar-refractivity contribution is 5.86. The standard InChI is InChI=1S/C23H23N3O/c1-17-24-22-10-9-20(25-11-13-27-14-12-25)15-23(22)26(17)16-19-7-4-6-18-5-2-3-8-21(18)19/h2-10,15H,11-14,16H2,1H3. The quantitative estimate of drug-likeness (QED) is 0.545. The topological polar surface area (TPSA) is 30.3 Å². The smallest absolute Gasteiger partial charge is 0.107 e. The number of morpholine rings is 1. The molecule has 0 saturated carbocycles. The highest BCUT2D eigenvalue weighted by Crippen LogP contribution is 2.26. The van der Waals surface area contributed by atoms with Crippen molar-refractivity contribution in [3.05, 3.63) is 72.1 Å². The first-order valence-corrected chi connectivity index (χ1v) is 9.56. The maximum absolute atomic E-state index is 5.50. The van der Waals surface area contributed by atoms with E-state index in [0.29, 0.717) is 0 Å². The Balaban J connectivity index is 1.58. The number of fused-ring (bicyclic) bond motifs is 2. The summed E-state index contributed by atoms with van der Waals surface area (Å²) < 4.78 is 7.83. The fraction of sp³-hybridized carbons (Fsp3) is 0.261. The zero-order valence-corrected chi connectivity index (χ0v) is 15.6. The van der Waals surface area contributed by atoms with Crippen molar-refractivity contribution in [1.82, 2.24) is 9.55 Å². The van der Waals surface area contributed by atoms with Gasteiger partial charge in [-0.25, -0.2) is 4.98 Å². The van der Waals surface area contributed by atoms with Crippen molar-refractivity contribution in [2.24, 2.45) is 0 Å². The number of nitrogens with zero attached hydrogens (tertiary/aromatic N) is 3. The average molecular weight is 357 g/mol. The molecule has 27 heavy (non-hydrogen) atoms. The number of hydrogen-bond donors (Lipinski definition) is 0. The minimum atomic E-state index is 0.798. The number of aryl methyl sites for hydroxylation is 1. The second-order valence-corrected chi connectivity index (χ2v) is 7.16. The van der Waals surface area contributed by atoms with Gasteiger partial charge in [0.15, 0.2) is 0 Å². The minimum absolute atomic E-state index is 0.798. The van der Waals surface area contributed by atoms with E-state index in [1.165, 1.54) is 27.5 Å². The molecule has 4 heteroatoms. The molecule has 136 valence electrons. The number of rotatable bonds is 3. The molecule has 1 aliphatic heterocycles. The summed E-state index contributed by atoms with van der Waals surface area (Å²) in [6.45, 7) is 6.42. The third-order valence-electron chi connectivity index (χ3n) is 5.51. The first kappa shape index (κ1) is 16.3. The largest absolute Gasteiger partial charge is 0.378 e. The van der Waals surface area contributed by atoms with Crippen molar-refractivity contribution in [3.63, 3.8) is 0 Å². The Bertz CT molecular complexity index is 1100. The predicted octanol–water partition coefficient (Wildman–Crippen LogP) is 4.38. The van der Waals surface area contributed by atoms with Crippen molar-refractivity contribution < 1.29 is 4.74 Å². The Morgan fingerprint density at radius 3 is 2.67 bits per heavy atom. The van der Waals surface area contributed by atoms with Gasteiger partial charge in [0.2, 0.25) is 0 Å². The molecule has 0 radical (unpaired) electrons. The molecule has 0 amide bonds. The summed E-state index contributed by atoms with van der Waals surface area (Å²) in [6.07, 6.45) is 0. The number of hydrogen-bond acceptors (Lipinski definition) is 3. The van der Waals surface area contributed by atoms with E-state index in [1.807, 2.05) is 0 Å². The third kappa shape index (κ3) is 2.96. The van der Waals surface area contributed by atoms with E-state index < -0.39 is 0 Å². The zero-order chi connectivity index (χ0) is 18.2. The molecule has 1 fully saturated rings. The molecule has 0 aliphatic carbocycles. The van der Waals surface area contributed by atoms with Gasteiger partial charge in [-0.3, -0.25) is 0 Å². The summed E-state index contributed by atoms with van der Waals surface area (Å²) in [5.74, 6) is 1.05. The molecule has 0 atom stereocenters. The number of benzene rings is 3. The van der Waals surface area contributed by atoms with Crippen LogP contribution in [0.1, 0.15) is 11.4 Å². The lowest BCUT2D eigenvalue weighted by Gasteiger charge is -2.28. The molecule has 1 aliphatic rings. The van der Waals surface area contributed by atoms with E-state index in [1.54, 1.807) is 0 Å². The molecule has 5 rings (SSSR count). The summed E-state index contributed by atoms with van der Waals surface area (Å²) in [5.41, 5.74) is 4.84. The van der Waals surface area contributed by atoms with E-state index in [4.69, 9.17) is 9.72 Å². The van der Waals surface area contributed by atoms with Gasteiger partial charge in [0.05, 0.1) is 24.2 Å². The predicted molar refractivity (Wildman–Crippen MR) is 111 cm³/mol. The third-order valence-corrected chi connectivity index (χ3v) is 5.51. The minimum Gasteiger partial charge on any atom is -0.378 e. The van der Waals surface area contributed by atoms with Crippen molar-refractivity contribution in [3.8, 4) is 0 Å². The van der Waals surface area contributed by atoms with Crippen molar-refractivity contribution in [2.75, 3.05) is 31.2 Å². The van der Waals surface area contributed by atoms with Gasteiger partial charge < -0.3 is 14.2 Å². The fourth-order valence-corrected chi connectivity index (χ4v) is 4.05. The number of aromatic nitrogens is 2. The van der Waals surface area contributed by atoms with Crippen LogP contribution in [0.25, 0.3) is 21.8 Å². The van der Waals surface area contributed by atoms with Crippen LogP contribution in [0.3, 0.4) is 0 Å². The molecule has 3 aromatic carbocycles. The molecule has 0 bridgehead atoms. The molecule has 0 unspecified atom stereocenters. The van der Waals surface area contributed by atoms with E-state index in [0.717, 1.165) is 44.2 Å². The van der Waals surface area contributed by atoms with E-state index in [-0.39, 0.29) is 0 Å². The van der Waals surface area contributed by atoms with E-state index in [2.05, 4.69) is 77.1 Å². The second-order valence-electron chi connectivity index (χ2n) is 7.16. The lowest BCUT2D eigenvalue weighted by Crippen LogP contribution is -2.36. The summed E-state index contributed by atoms with van der Waals surface area (Å²) >= 11 is 0. The Labute approximate surface area is 159 Å². The molecule has 2 heterocycles. The van der Waals surface area contributed by atoms with Crippen LogP contribution >= 0.6 is 0 Å². The Morgan fingerprint density at radius 1 is 0.963 bits per heavy atom. The van der Waals surface area contributed by atoms with Crippen molar-refractivity contribution in [2.45, 2.75) is 13.5 Å². The van der Waals surface area contributed by atoms with Gasteiger partial charge in [-0.2, -0.15) is 0 Å². The van der Waals surface area contributed by atoms with Gasteiger partial charge in [0.25, 0.3) is 0 Å². The van der Waals surface area contributed by atoms with Crippen LogP contribution in [0.15, 0.2) is 60.7 Å². The van der Waals surface area contributed by atoms with Crippen LogP contribution in [0.2, 0.25) is 0 Å². The molecule has 4 nitrogen and oxygen atoms in total. The van der Waals surface area contributed by atoms with Gasteiger partial charge in [-0.1, -0.05) is 42.5 Å². The summed E-state index contributed by atoms with van der Waals surface area (Å²) in [5, 5.41) is 2.59. The zero-order valence-electron chi connectivity index (χ0n) is 15.6. The van der Waals surface area contributed by atoms with Gasteiger partial charge in [-0.15, -0.1) is 0 Å². The van der Waals surface area contributed by atoms with E-state index >= 15 is 0 Å². The van der Waals surface area contributed by atoms with E-state index in [9.17, 15) is 0 Å². The number of anilines is 1. The van der Waals surface area contributed by atoms with Crippen LogP contribution in [0.4, 0.5) is 5.69 Å². The SMILES string of the molecule is Cc1nc2ccc(N3CCOCC3)cc2n1Cc1cccc2ccccc12. The maximum Gasteiger partial charge on any atom is 0.107 e. The summed E-state index contributed by atoms with van der Waals surface area (Å²) in [7, 11) is 0. The van der Waals surface area contributed by atoms with Crippen LogP contribution in [0, 0.1) is 6.92 Å². The lowest BCUT2D eigenvalue weighted by atomic mass is 10.0. The van der Waals surface area contributed by atoms with Gasteiger partial charge in [0.1, 0.15) is 5.82 Å². The number of ether oxygens (including phenoxy) is 1. The van der Waals surface area contributed by atoms with Gasteiger partial charge >= 0.3 is 0 Å². The van der Waals surface area contributed by atoms with Crippen molar-refractivity contribution in [1.29, 1.82) is 0 Å². The molecule has 0 spiro atoms. The molecule has 1 saturated heterocycles. The summed E-state index contributed by atoms with van der Waals surface area (Å²) in [4.78, 5) is 7.19. The second kappa shape index (κ2) is 6.71. The van der Waals surface area contributed by atoms with Crippen LogP contribution in [-0.2, 0) is 11.3 Å². The van der Waals surface area contributed by atoms with Gasteiger partial charge in [-0.05, 0) is 41.5 Å². The van der Waals surface area contributed by atoms with Crippen LogP contribution in [-0.4, -0.2) is 35.9 Å². The van der Waals surface area contributed by atoms with Crippen LogP contribution in [0.5, 0.6) is 0 Å². The summed E-state index contributed by atoms with van der Waals surface area (Å²) in [6, 6.07) is 21.7. The van der Waals surface area contributed by atoms with Crippen molar-refractivity contribution >= 4 is 27.5 Å². The highest BCUT2D eigenvalue weighted by Gasteiger charge is 2.15. The lowest BCUT2D eigenvalue weighted by molar-refractivity contribution is 0.122. The monoisotopic (exact) mass is 357 g/mol. The highest BCUT2D eigenvalue weighted by atomic mass is 16.5. The molecule has 4 aromatic rings. The number of imidazole rings is 1. The molecular formula is C23H23N3O. The Kier molecular flexibility index (Phi) is 4.06. The Morgan fingerprint density at radius 2 is 1.78 bits per heavy atom. The maximum atomic E-state index is 5.50. The average Bonchev–Trinajstić information content (AvgIpc) is 3.03. The van der Waals surface area contributed by atoms with Crippen LogP contribution < -0.4 is 4.90 Å². The molecular weight excluding hydrogens is 334 g/mol. The first-order valence-electron chi connectivity index (χ1n) is 9.56. The fourth-order valence-electron chi connectivity index (χ4n) is 4.05. The normalized spacial score (nSPS) is 14.9.